The summed E-state index contributed by atoms with van der Waals surface area (Å²) in [5, 5.41) is 26.0. The molecule has 13 nitrogen and oxygen atoms in total. The maximum Gasteiger partial charge on any atom is 0.407 e. The highest BCUT2D eigenvalue weighted by Gasteiger charge is 2.53. The minimum absolute atomic E-state index is 0.154. The third-order valence-corrected chi connectivity index (χ3v) is 10.7. The Kier molecular flexibility index (Phi) is 16.4. The smallest absolute Gasteiger partial charge is 0.407 e. The molecule has 0 saturated carbocycles. The number of alkyl carbamates (subject to hydrolysis) is 1. The van der Waals surface area contributed by atoms with E-state index in [9.17, 15) is 24.6 Å². The Labute approximate surface area is 294 Å². The monoisotopic (exact) mass is 702 g/mol. The molecule has 2 saturated heterocycles. The van der Waals surface area contributed by atoms with Gasteiger partial charge in [0, 0.05) is 44.6 Å². The molecule has 49 heavy (non-hydrogen) atoms. The average Bonchev–Trinajstić information content (AvgIpc) is 3.04. The number of carbonyl (C=O) groups excluding carboxylic acids is 3. The number of hydrogen-bond donors (Lipinski definition) is 3. The van der Waals surface area contributed by atoms with Crippen molar-refractivity contribution in [3.63, 3.8) is 0 Å². The van der Waals surface area contributed by atoms with Crippen molar-refractivity contribution in [2.24, 2.45) is 23.7 Å². The van der Waals surface area contributed by atoms with Crippen molar-refractivity contribution in [1.29, 1.82) is 0 Å². The first-order valence-electron chi connectivity index (χ1n) is 17.9. The second kappa shape index (κ2) is 18.6. The number of esters is 1. The van der Waals surface area contributed by atoms with Gasteiger partial charge < -0.3 is 48.9 Å². The van der Waals surface area contributed by atoms with Crippen LogP contribution in [0.4, 0.5) is 4.79 Å². The number of hydrogen-bond acceptors (Lipinski definition) is 12. The van der Waals surface area contributed by atoms with Crippen LogP contribution in [0.25, 0.3) is 0 Å². The van der Waals surface area contributed by atoms with Gasteiger partial charge in [0.2, 0.25) is 0 Å². The number of rotatable bonds is 10. The van der Waals surface area contributed by atoms with Crippen LogP contribution in [0.15, 0.2) is 0 Å². The largest absolute Gasteiger partial charge is 0.459 e. The number of nitrogens with one attached hydrogen (secondary N) is 1. The van der Waals surface area contributed by atoms with Gasteiger partial charge in [-0.25, -0.2) is 4.79 Å². The van der Waals surface area contributed by atoms with Crippen molar-refractivity contribution in [2.45, 2.75) is 155 Å². The predicted octanol–water partition coefficient (Wildman–Crippen LogP) is 3.70. The van der Waals surface area contributed by atoms with E-state index in [0.717, 1.165) is 12.8 Å². The zero-order valence-electron chi connectivity index (χ0n) is 32.2. The van der Waals surface area contributed by atoms with Gasteiger partial charge in [0.15, 0.2) is 6.29 Å². The van der Waals surface area contributed by atoms with Gasteiger partial charge in [-0.15, -0.1) is 0 Å². The fourth-order valence-corrected chi connectivity index (χ4v) is 7.74. The van der Waals surface area contributed by atoms with Crippen LogP contribution in [0.1, 0.15) is 94.4 Å². The molecule has 2 fully saturated rings. The van der Waals surface area contributed by atoms with Crippen LogP contribution >= 0.6 is 0 Å². The fourth-order valence-electron chi connectivity index (χ4n) is 7.74. The molecule has 0 radical (unpaired) electrons. The summed E-state index contributed by atoms with van der Waals surface area (Å²) in [4.78, 5) is 43.2. The van der Waals surface area contributed by atoms with E-state index in [0.29, 0.717) is 13.0 Å². The number of ketones is 1. The molecule has 2 heterocycles. The van der Waals surface area contributed by atoms with Gasteiger partial charge >= 0.3 is 12.1 Å². The Hall–Kier alpha value is -1.87. The maximum absolute atomic E-state index is 14.1. The van der Waals surface area contributed by atoms with Gasteiger partial charge in [-0.3, -0.25) is 9.59 Å². The Morgan fingerprint density at radius 2 is 1.67 bits per heavy atom. The first kappa shape index (κ1) is 43.3. The van der Waals surface area contributed by atoms with Gasteiger partial charge in [-0.2, -0.15) is 0 Å². The van der Waals surface area contributed by atoms with Crippen molar-refractivity contribution < 1.29 is 53.0 Å². The molecular formula is C36H66N2O11. The van der Waals surface area contributed by atoms with E-state index < -0.39 is 83.7 Å². The molecule has 0 aromatic heterocycles. The molecule has 0 bridgehead atoms. The Bertz CT molecular complexity index is 1070. The molecule has 2 aliphatic heterocycles. The number of nitrogens with zero attached hydrogens (tertiary/aromatic N) is 1. The van der Waals surface area contributed by atoms with Gasteiger partial charge in [-0.05, 0) is 67.5 Å². The lowest BCUT2D eigenvalue weighted by atomic mass is 9.73. The van der Waals surface area contributed by atoms with Gasteiger partial charge in [0.25, 0.3) is 0 Å². The highest BCUT2D eigenvalue weighted by molar-refractivity contribution is 5.83. The lowest BCUT2D eigenvalue weighted by Crippen LogP contribution is -2.61. The number of amides is 1. The summed E-state index contributed by atoms with van der Waals surface area (Å²) in [5.41, 5.74) is -2.96. The number of carbonyl (C=O) groups is 3. The Morgan fingerprint density at radius 3 is 2.20 bits per heavy atom. The van der Waals surface area contributed by atoms with E-state index in [1.807, 2.05) is 32.8 Å². The quantitative estimate of drug-likeness (QED) is 0.224. The predicted molar refractivity (Wildman–Crippen MR) is 184 cm³/mol. The topological polar surface area (TPSA) is 162 Å². The van der Waals surface area contributed by atoms with Crippen molar-refractivity contribution in [3.8, 4) is 0 Å². The summed E-state index contributed by atoms with van der Waals surface area (Å²) in [7, 11) is 6.68. The van der Waals surface area contributed by atoms with Crippen LogP contribution in [0.3, 0.4) is 0 Å². The normalized spacial score (nSPS) is 41.6. The van der Waals surface area contributed by atoms with Crippen LogP contribution in [0.5, 0.6) is 0 Å². The number of likely N-dealkylation sites (N-methyl/N-ethyl adjacent to an activating group) is 1. The lowest BCUT2D eigenvalue weighted by Gasteiger charge is -2.48. The number of ether oxygens (including phenoxy) is 6. The Balaban J connectivity index is 2.77. The van der Waals surface area contributed by atoms with Crippen molar-refractivity contribution in [2.75, 3.05) is 34.9 Å². The van der Waals surface area contributed by atoms with Crippen LogP contribution in [-0.4, -0.2) is 128 Å². The van der Waals surface area contributed by atoms with Gasteiger partial charge in [-0.1, -0.05) is 41.0 Å². The van der Waals surface area contributed by atoms with Gasteiger partial charge in [0.1, 0.15) is 29.7 Å². The third-order valence-electron chi connectivity index (χ3n) is 10.7. The molecule has 13 heteroatoms. The third kappa shape index (κ3) is 10.4. The molecular weight excluding hydrogens is 636 g/mol. The van der Waals surface area contributed by atoms with Crippen LogP contribution in [-0.2, 0) is 38.0 Å². The zero-order chi connectivity index (χ0) is 37.4. The molecule has 0 aromatic carbocycles. The minimum Gasteiger partial charge on any atom is -0.459 e. The van der Waals surface area contributed by atoms with E-state index in [1.54, 1.807) is 41.5 Å². The summed E-state index contributed by atoms with van der Waals surface area (Å²) in [6.45, 7) is 16.2. The number of methoxy groups -OCH3 is 2. The standard InChI is InChI=1S/C36H66N2O11/c1-14-16-17-37-34(42)48-29-23(6)30(49-33-28(40)25(38(10)11)18-21(4)46-33)35(8,45-13)19-20(3)27(39)22(5)31(44-12)36(9,43)26(15-2)47-32(41)24(29)7/h20-26,28-31,33,40,43H,14-19H2,1-13H3,(H,37,42)/t20-,21-,22-,23+,24-,25+,26-,28-,29+,30-,31-,33+,35-,36-/m1/s1. The van der Waals surface area contributed by atoms with Crippen molar-refractivity contribution in [3.05, 3.63) is 0 Å². The van der Waals surface area contributed by atoms with Crippen molar-refractivity contribution in [1.82, 2.24) is 10.2 Å². The summed E-state index contributed by atoms with van der Waals surface area (Å²) in [6, 6.07) is -0.271. The Morgan fingerprint density at radius 1 is 1.04 bits per heavy atom. The number of aliphatic hydroxyl groups is 2. The van der Waals surface area contributed by atoms with Crippen LogP contribution < -0.4 is 5.32 Å². The lowest BCUT2D eigenvalue weighted by molar-refractivity contribution is -0.301. The van der Waals surface area contributed by atoms with E-state index in [2.05, 4.69) is 5.32 Å². The molecule has 2 rings (SSSR count). The highest BCUT2D eigenvalue weighted by atomic mass is 16.7. The van der Waals surface area contributed by atoms with Gasteiger partial charge in [0.05, 0.1) is 29.8 Å². The summed E-state index contributed by atoms with van der Waals surface area (Å²) >= 11 is 0. The molecule has 286 valence electrons. The summed E-state index contributed by atoms with van der Waals surface area (Å²) < 4.78 is 36.8. The maximum atomic E-state index is 14.1. The molecule has 0 unspecified atom stereocenters. The summed E-state index contributed by atoms with van der Waals surface area (Å²) in [6.07, 6.45) is -4.68. The molecule has 3 N–H and O–H groups in total. The number of Topliss-reactive ketones (excluding diaryl/α,β-unsaturated/α-hetero) is 1. The van der Waals surface area contributed by atoms with Crippen LogP contribution in [0.2, 0.25) is 0 Å². The first-order chi connectivity index (χ1) is 22.8. The second-order valence-corrected chi connectivity index (χ2v) is 15.0. The van der Waals surface area contributed by atoms with E-state index >= 15 is 0 Å². The van der Waals surface area contributed by atoms with Crippen molar-refractivity contribution >= 4 is 17.8 Å². The number of unbranched alkanes of at least 4 members (excludes halogenated alkanes) is 1. The number of cyclic esters (lactones) is 1. The molecule has 0 aliphatic carbocycles. The first-order valence-corrected chi connectivity index (χ1v) is 17.9. The molecule has 1 amide bonds. The van der Waals surface area contributed by atoms with E-state index in [4.69, 9.17) is 28.4 Å². The highest BCUT2D eigenvalue weighted by Crippen LogP contribution is 2.40. The SMILES string of the molecule is CCCCNC(=O)O[C@H]1[C@H](C)[C@@H](O[C@@H]2O[C@H](C)C[C@H](N(C)C)[C@H]2O)[C@](C)(OC)C[C@@H](C)C(=O)[C@@H](C)[C@@H](OC)[C@](C)(O)[C@@H](CC)OC(=O)[C@@H]1C. The van der Waals surface area contributed by atoms with E-state index in [1.165, 1.54) is 21.1 Å². The molecule has 2 aliphatic rings. The zero-order valence-corrected chi connectivity index (χ0v) is 32.2. The molecule has 14 atom stereocenters. The second-order valence-electron chi connectivity index (χ2n) is 15.0. The molecule has 0 aromatic rings. The fraction of sp³-hybridized carbons (Fsp3) is 0.917. The minimum atomic E-state index is -1.73. The van der Waals surface area contributed by atoms with E-state index in [-0.39, 0.29) is 30.8 Å². The summed E-state index contributed by atoms with van der Waals surface area (Å²) in [5.74, 6) is -4.09. The van der Waals surface area contributed by atoms with Crippen LogP contribution in [0, 0.1) is 23.7 Å². The average molecular weight is 703 g/mol. The number of aliphatic hydroxyl groups excluding tert-OH is 1. The molecule has 0 spiro atoms.